The molecule has 3 amide bonds. The second-order valence-electron chi connectivity index (χ2n) is 5.91. The van der Waals surface area contributed by atoms with Crippen LogP contribution in [0.3, 0.4) is 0 Å². The van der Waals surface area contributed by atoms with Crippen LogP contribution in [0.1, 0.15) is 40.6 Å². The minimum atomic E-state index is -0.649. The van der Waals surface area contributed by atoms with Gasteiger partial charge in [0.15, 0.2) is 5.13 Å². The molecule has 0 saturated carbocycles. The number of carbonyl (C=O) groups is 2. The van der Waals surface area contributed by atoms with Crippen LogP contribution in [0.4, 0.5) is 9.93 Å². The van der Waals surface area contributed by atoms with Crippen LogP contribution >= 0.6 is 11.3 Å². The normalized spacial score (nSPS) is 14.0. The summed E-state index contributed by atoms with van der Waals surface area (Å²) in [5.41, 5.74) is 8.24. The predicted molar refractivity (Wildman–Crippen MR) is 94.0 cm³/mol. The molecule has 1 heterocycles. The molecule has 1 aliphatic carbocycles. The van der Waals surface area contributed by atoms with Crippen LogP contribution in [0.15, 0.2) is 24.3 Å². The van der Waals surface area contributed by atoms with Gasteiger partial charge in [-0.15, -0.1) is 11.3 Å². The van der Waals surface area contributed by atoms with Crippen molar-refractivity contribution in [3.63, 3.8) is 0 Å². The van der Waals surface area contributed by atoms with E-state index in [0.717, 1.165) is 36.1 Å². The van der Waals surface area contributed by atoms with Crippen molar-refractivity contribution in [3.05, 3.63) is 46.0 Å². The molecular formula is C17H20N4O2S. The van der Waals surface area contributed by atoms with E-state index in [2.05, 4.69) is 15.6 Å². The molecule has 0 saturated heterocycles. The Morgan fingerprint density at radius 3 is 2.83 bits per heavy atom. The average molecular weight is 344 g/mol. The first-order valence-electron chi connectivity index (χ1n) is 7.93. The smallest absolute Gasteiger partial charge is 0.312 e. The molecule has 24 heavy (non-hydrogen) atoms. The highest BCUT2D eigenvalue weighted by Gasteiger charge is 2.21. The average Bonchev–Trinajstić information content (AvgIpc) is 3.07. The zero-order chi connectivity index (χ0) is 17.1. The minimum absolute atomic E-state index is 0.109. The molecule has 6 nitrogen and oxygen atoms in total. The van der Waals surface area contributed by atoms with E-state index in [0.29, 0.717) is 5.13 Å². The van der Waals surface area contributed by atoms with Crippen molar-refractivity contribution >= 4 is 28.4 Å². The maximum atomic E-state index is 12.4. The molecule has 1 unspecified atom stereocenters. The van der Waals surface area contributed by atoms with Gasteiger partial charge < -0.3 is 16.4 Å². The molecule has 1 aliphatic rings. The van der Waals surface area contributed by atoms with Crippen LogP contribution < -0.4 is 16.4 Å². The number of benzene rings is 1. The van der Waals surface area contributed by atoms with Crippen LogP contribution in [-0.4, -0.2) is 16.9 Å². The summed E-state index contributed by atoms with van der Waals surface area (Å²) in [7, 11) is 0. The lowest BCUT2D eigenvalue weighted by Gasteiger charge is -2.19. The molecule has 1 aromatic carbocycles. The monoisotopic (exact) mass is 344 g/mol. The summed E-state index contributed by atoms with van der Waals surface area (Å²) in [5, 5.41) is 6.13. The summed E-state index contributed by atoms with van der Waals surface area (Å²) >= 11 is 1.54. The van der Waals surface area contributed by atoms with Gasteiger partial charge in [0.25, 0.3) is 0 Å². The zero-order valence-corrected chi connectivity index (χ0v) is 14.3. The third kappa shape index (κ3) is 3.73. The largest absolute Gasteiger partial charge is 0.352 e. The number of anilines is 1. The molecular weight excluding hydrogens is 324 g/mol. The van der Waals surface area contributed by atoms with Crippen LogP contribution in [0.2, 0.25) is 0 Å². The van der Waals surface area contributed by atoms with Gasteiger partial charge in [0.1, 0.15) is 0 Å². The van der Waals surface area contributed by atoms with Gasteiger partial charge in [0, 0.05) is 4.88 Å². The van der Waals surface area contributed by atoms with Gasteiger partial charge in [-0.25, -0.2) is 9.78 Å². The summed E-state index contributed by atoms with van der Waals surface area (Å²) in [4.78, 5) is 29.4. The molecule has 7 heteroatoms. The molecule has 0 spiro atoms. The van der Waals surface area contributed by atoms with Crippen molar-refractivity contribution in [1.29, 1.82) is 0 Å². The molecule has 0 radical (unpaired) electrons. The van der Waals surface area contributed by atoms with Crippen LogP contribution in [0.25, 0.3) is 0 Å². The van der Waals surface area contributed by atoms with E-state index in [-0.39, 0.29) is 12.3 Å². The number of thiazole rings is 1. The van der Waals surface area contributed by atoms with Gasteiger partial charge in [-0.3, -0.25) is 4.79 Å². The Kier molecular flexibility index (Phi) is 4.80. The Labute approximate surface area is 144 Å². The minimum Gasteiger partial charge on any atom is -0.352 e. The lowest BCUT2D eigenvalue weighted by Crippen LogP contribution is -2.35. The number of nitrogens with zero attached hydrogens (tertiary/aromatic N) is 1. The molecule has 126 valence electrons. The van der Waals surface area contributed by atoms with Crippen LogP contribution in [-0.2, 0) is 17.6 Å². The second kappa shape index (κ2) is 7.00. The first-order chi connectivity index (χ1) is 11.5. The molecule has 0 fully saturated rings. The van der Waals surface area contributed by atoms with E-state index in [4.69, 9.17) is 5.73 Å². The van der Waals surface area contributed by atoms with E-state index in [9.17, 15) is 9.59 Å². The van der Waals surface area contributed by atoms with Gasteiger partial charge in [-0.05, 0) is 37.3 Å². The molecule has 0 aliphatic heterocycles. The molecule has 2 aromatic rings. The van der Waals surface area contributed by atoms with E-state index in [1.807, 2.05) is 31.2 Å². The Morgan fingerprint density at radius 2 is 2.12 bits per heavy atom. The number of hydrogen-bond donors (Lipinski definition) is 3. The van der Waals surface area contributed by atoms with E-state index >= 15 is 0 Å². The third-order valence-electron chi connectivity index (χ3n) is 4.11. The molecule has 3 rings (SSSR count). The highest BCUT2D eigenvalue weighted by atomic mass is 32.1. The fraction of sp³-hybridized carbons (Fsp3) is 0.353. The molecule has 0 bridgehead atoms. The fourth-order valence-corrected chi connectivity index (χ4v) is 4.05. The predicted octanol–water partition coefficient (Wildman–Crippen LogP) is 2.68. The summed E-state index contributed by atoms with van der Waals surface area (Å²) < 4.78 is 0. The van der Waals surface area contributed by atoms with Gasteiger partial charge in [0.05, 0.1) is 18.2 Å². The van der Waals surface area contributed by atoms with Crippen molar-refractivity contribution in [2.75, 3.05) is 5.32 Å². The number of amides is 3. The number of aryl methyl sites for hydroxylation is 3. The van der Waals surface area contributed by atoms with Gasteiger partial charge >= 0.3 is 6.03 Å². The van der Waals surface area contributed by atoms with Crippen molar-refractivity contribution in [2.45, 2.75) is 38.6 Å². The fourth-order valence-electron chi connectivity index (χ4n) is 2.99. The summed E-state index contributed by atoms with van der Waals surface area (Å²) in [6.07, 6.45) is 3.27. The lowest BCUT2D eigenvalue weighted by atomic mass is 9.98. The number of primary amides is 1. The Bertz CT molecular complexity index is 750. The van der Waals surface area contributed by atoms with Crippen molar-refractivity contribution in [3.8, 4) is 0 Å². The standard InChI is InChI=1S/C17H20N4O2S/c1-10-5-2-3-6-11(10)13(19-16(18)23)9-15(22)21-17-20-12-7-4-8-14(12)24-17/h2-3,5-6,13H,4,7-9H2,1H3,(H3,18,19,23)(H,20,21,22). The summed E-state index contributed by atoms with van der Waals surface area (Å²) in [6.45, 7) is 1.94. The Hall–Kier alpha value is -2.41. The highest BCUT2D eigenvalue weighted by molar-refractivity contribution is 7.15. The van der Waals surface area contributed by atoms with Crippen LogP contribution in [0.5, 0.6) is 0 Å². The first-order valence-corrected chi connectivity index (χ1v) is 8.74. The number of rotatable bonds is 5. The van der Waals surface area contributed by atoms with E-state index < -0.39 is 12.1 Å². The first kappa shape index (κ1) is 16.4. The molecule has 1 aromatic heterocycles. The highest BCUT2D eigenvalue weighted by Crippen LogP contribution is 2.30. The Morgan fingerprint density at radius 1 is 1.33 bits per heavy atom. The van der Waals surface area contributed by atoms with Gasteiger partial charge in [-0.2, -0.15) is 0 Å². The lowest BCUT2D eigenvalue weighted by molar-refractivity contribution is -0.116. The quantitative estimate of drug-likeness (QED) is 0.778. The van der Waals surface area contributed by atoms with E-state index in [1.165, 1.54) is 16.2 Å². The molecule has 1 atom stereocenters. The summed E-state index contributed by atoms with van der Waals surface area (Å²) in [6, 6.07) is 6.51. The van der Waals surface area contributed by atoms with Crippen molar-refractivity contribution in [1.82, 2.24) is 10.3 Å². The zero-order valence-electron chi connectivity index (χ0n) is 13.5. The van der Waals surface area contributed by atoms with Crippen molar-refractivity contribution < 1.29 is 9.59 Å². The van der Waals surface area contributed by atoms with E-state index in [1.54, 1.807) is 0 Å². The SMILES string of the molecule is Cc1ccccc1C(CC(=O)Nc1nc2c(s1)CCC2)NC(N)=O. The number of hydrogen-bond acceptors (Lipinski definition) is 4. The molecule has 4 N–H and O–H groups in total. The maximum Gasteiger partial charge on any atom is 0.312 e. The number of nitrogens with one attached hydrogen (secondary N) is 2. The second-order valence-corrected chi connectivity index (χ2v) is 7.00. The maximum absolute atomic E-state index is 12.4. The Balaban J connectivity index is 1.70. The number of nitrogens with two attached hydrogens (primary N) is 1. The van der Waals surface area contributed by atoms with Gasteiger partial charge in [0.2, 0.25) is 5.91 Å². The third-order valence-corrected chi connectivity index (χ3v) is 5.18. The number of fused-ring (bicyclic) bond motifs is 1. The van der Waals surface area contributed by atoms with Gasteiger partial charge in [-0.1, -0.05) is 24.3 Å². The van der Waals surface area contributed by atoms with Crippen LogP contribution in [0, 0.1) is 6.92 Å². The van der Waals surface area contributed by atoms with Crippen molar-refractivity contribution in [2.24, 2.45) is 5.73 Å². The number of aromatic nitrogens is 1. The number of carbonyl (C=O) groups excluding carboxylic acids is 2. The number of urea groups is 1. The topological polar surface area (TPSA) is 97.1 Å². The summed E-state index contributed by atoms with van der Waals surface area (Å²) in [5.74, 6) is -0.190.